The molecule has 0 radical (unpaired) electrons. The topological polar surface area (TPSA) is 77.2 Å². The van der Waals surface area contributed by atoms with Gasteiger partial charge in [0.15, 0.2) is 0 Å². The minimum atomic E-state index is -0.239. The molecule has 0 saturated carbocycles. The lowest BCUT2D eigenvalue weighted by Gasteiger charge is -2.10. The molecule has 6 nitrogen and oxygen atoms in total. The smallest absolute Gasteiger partial charge is 0.255 e. The first-order chi connectivity index (χ1) is 11.2. The molecular formula is C17H15N3O3. The van der Waals surface area contributed by atoms with Crippen LogP contribution in [0.1, 0.15) is 16.2 Å². The maximum Gasteiger partial charge on any atom is 0.255 e. The summed E-state index contributed by atoms with van der Waals surface area (Å²) in [5, 5.41) is 6.69. The lowest BCUT2D eigenvalue weighted by Crippen LogP contribution is -2.12. The fourth-order valence-electron chi connectivity index (χ4n) is 2.16. The van der Waals surface area contributed by atoms with Gasteiger partial charge in [-0.1, -0.05) is 29.4 Å². The van der Waals surface area contributed by atoms with Crippen molar-refractivity contribution in [1.29, 1.82) is 0 Å². The van der Waals surface area contributed by atoms with Gasteiger partial charge in [0.2, 0.25) is 11.7 Å². The molecule has 3 aromatic rings. The van der Waals surface area contributed by atoms with Crippen LogP contribution >= 0.6 is 0 Å². The standard InChI is InChI=1S/C17H15N3O3/c1-11-18-16(20-23-11)12-6-5-7-13(10-12)17(21)19-14-8-3-4-9-15(14)22-2/h3-10H,1-2H3,(H,19,21). The van der Waals surface area contributed by atoms with Crippen LogP contribution in [-0.4, -0.2) is 23.2 Å². The zero-order chi connectivity index (χ0) is 16.2. The number of rotatable bonds is 4. The van der Waals surface area contributed by atoms with Crippen LogP contribution in [-0.2, 0) is 0 Å². The van der Waals surface area contributed by atoms with E-state index in [2.05, 4.69) is 15.5 Å². The Morgan fingerprint density at radius 1 is 1.17 bits per heavy atom. The summed E-state index contributed by atoms with van der Waals surface area (Å²) in [6.45, 7) is 1.72. The maximum atomic E-state index is 12.4. The number of nitrogens with one attached hydrogen (secondary N) is 1. The van der Waals surface area contributed by atoms with E-state index in [0.29, 0.717) is 28.7 Å². The van der Waals surface area contributed by atoms with Crippen molar-refractivity contribution in [3.05, 3.63) is 60.0 Å². The molecule has 6 heteroatoms. The molecule has 2 aromatic carbocycles. The van der Waals surface area contributed by atoms with E-state index in [0.717, 1.165) is 5.56 Å². The van der Waals surface area contributed by atoms with E-state index >= 15 is 0 Å². The quantitative estimate of drug-likeness (QED) is 0.800. The summed E-state index contributed by atoms with van der Waals surface area (Å²) in [5.41, 5.74) is 1.83. The molecule has 1 N–H and O–H groups in total. The van der Waals surface area contributed by atoms with E-state index < -0.39 is 0 Å². The highest BCUT2D eigenvalue weighted by atomic mass is 16.5. The zero-order valence-electron chi connectivity index (χ0n) is 12.7. The van der Waals surface area contributed by atoms with Gasteiger partial charge < -0.3 is 14.6 Å². The van der Waals surface area contributed by atoms with Crippen LogP contribution in [0.5, 0.6) is 5.75 Å². The summed E-state index contributed by atoms with van der Waals surface area (Å²) in [4.78, 5) is 16.6. The van der Waals surface area contributed by atoms with Crippen LogP contribution < -0.4 is 10.1 Å². The Hall–Kier alpha value is -3.15. The van der Waals surface area contributed by atoms with Crippen LogP contribution in [0.2, 0.25) is 0 Å². The second-order valence-electron chi connectivity index (χ2n) is 4.87. The number of benzene rings is 2. The number of hydrogen-bond donors (Lipinski definition) is 1. The summed E-state index contributed by atoms with van der Waals surface area (Å²) in [6.07, 6.45) is 0. The minimum absolute atomic E-state index is 0.239. The third-order valence-corrected chi connectivity index (χ3v) is 3.27. The Morgan fingerprint density at radius 2 is 2.00 bits per heavy atom. The highest BCUT2D eigenvalue weighted by Crippen LogP contribution is 2.24. The Morgan fingerprint density at radius 3 is 2.74 bits per heavy atom. The Balaban J connectivity index is 1.85. The average Bonchev–Trinajstić information content (AvgIpc) is 3.02. The largest absolute Gasteiger partial charge is 0.495 e. The summed E-state index contributed by atoms with van der Waals surface area (Å²) in [6, 6.07) is 14.3. The van der Waals surface area contributed by atoms with E-state index in [1.165, 1.54) is 0 Å². The SMILES string of the molecule is COc1ccccc1NC(=O)c1cccc(-c2noc(C)n2)c1. The summed E-state index contributed by atoms with van der Waals surface area (Å²) in [7, 11) is 1.56. The number of para-hydroxylation sites is 2. The number of aromatic nitrogens is 2. The third kappa shape index (κ3) is 3.21. The molecule has 1 heterocycles. The lowest BCUT2D eigenvalue weighted by atomic mass is 10.1. The minimum Gasteiger partial charge on any atom is -0.495 e. The molecule has 0 unspecified atom stereocenters. The van der Waals surface area contributed by atoms with Crippen LogP contribution in [0.15, 0.2) is 53.1 Å². The van der Waals surface area contributed by atoms with Crippen molar-refractivity contribution in [1.82, 2.24) is 10.1 Å². The third-order valence-electron chi connectivity index (χ3n) is 3.27. The molecule has 0 aliphatic carbocycles. The van der Waals surface area contributed by atoms with E-state index in [9.17, 15) is 4.79 Å². The fourth-order valence-corrected chi connectivity index (χ4v) is 2.16. The zero-order valence-corrected chi connectivity index (χ0v) is 12.7. The number of amides is 1. The predicted octanol–water partition coefficient (Wildman–Crippen LogP) is 3.31. The number of nitrogens with zero attached hydrogens (tertiary/aromatic N) is 2. The second kappa shape index (κ2) is 6.31. The van der Waals surface area contributed by atoms with Crippen LogP contribution in [0.3, 0.4) is 0 Å². The molecule has 0 fully saturated rings. The van der Waals surface area contributed by atoms with Crippen molar-refractivity contribution in [2.24, 2.45) is 0 Å². The van der Waals surface area contributed by atoms with E-state index in [-0.39, 0.29) is 5.91 Å². The van der Waals surface area contributed by atoms with Gasteiger partial charge in [-0.15, -0.1) is 0 Å². The molecule has 0 saturated heterocycles. The normalized spacial score (nSPS) is 10.3. The number of carbonyl (C=O) groups excluding carboxylic acids is 1. The van der Waals surface area contributed by atoms with Gasteiger partial charge in [-0.05, 0) is 24.3 Å². The Labute approximate surface area is 133 Å². The van der Waals surface area contributed by atoms with Gasteiger partial charge in [0.1, 0.15) is 5.75 Å². The monoisotopic (exact) mass is 309 g/mol. The molecule has 0 aliphatic rings. The molecule has 23 heavy (non-hydrogen) atoms. The highest BCUT2D eigenvalue weighted by molar-refractivity contribution is 6.05. The molecule has 0 atom stereocenters. The molecule has 1 amide bonds. The number of anilines is 1. The molecule has 116 valence electrons. The van der Waals surface area contributed by atoms with Gasteiger partial charge in [0, 0.05) is 18.1 Å². The van der Waals surface area contributed by atoms with Crippen molar-refractivity contribution < 1.29 is 14.1 Å². The first kappa shape index (κ1) is 14.8. The Bertz CT molecular complexity index is 842. The average molecular weight is 309 g/mol. The molecule has 0 aliphatic heterocycles. The van der Waals surface area contributed by atoms with Gasteiger partial charge >= 0.3 is 0 Å². The van der Waals surface area contributed by atoms with Gasteiger partial charge in [-0.25, -0.2) is 0 Å². The molecule has 0 spiro atoms. The summed E-state index contributed by atoms with van der Waals surface area (Å²) >= 11 is 0. The first-order valence-electron chi connectivity index (χ1n) is 7.02. The number of hydrogen-bond acceptors (Lipinski definition) is 5. The predicted molar refractivity (Wildman–Crippen MR) is 85.4 cm³/mol. The fraction of sp³-hybridized carbons (Fsp3) is 0.118. The van der Waals surface area contributed by atoms with Crippen LogP contribution in [0, 0.1) is 6.92 Å². The van der Waals surface area contributed by atoms with E-state index in [1.807, 2.05) is 18.2 Å². The molecular weight excluding hydrogens is 294 g/mol. The van der Waals surface area contributed by atoms with Gasteiger partial charge in [-0.2, -0.15) is 4.98 Å². The van der Waals surface area contributed by atoms with Crippen molar-refractivity contribution >= 4 is 11.6 Å². The van der Waals surface area contributed by atoms with Crippen molar-refractivity contribution in [3.63, 3.8) is 0 Å². The summed E-state index contributed by atoms with van der Waals surface area (Å²) < 4.78 is 10.2. The van der Waals surface area contributed by atoms with Gasteiger partial charge in [0.25, 0.3) is 5.91 Å². The lowest BCUT2D eigenvalue weighted by molar-refractivity contribution is 0.102. The first-order valence-corrected chi connectivity index (χ1v) is 7.02. The van der Waals surface area contributed by atoms with Gasteiger partial charge in [0.05, 0.1) is 12.8 Å². The maximum absolute atomic E-state index is 12.4. The van der Waals surface area contributed by atoms with Crippen LogP contribution in [0.25, 0.3) is 11.4 Å². The van der Waals surface area contributed by atoms with Crippen LogP contribution in [0.4, 0.5) is 5.69 Å². The van der Waals surface area contributed by atoms with Crippen molar-refractivity contribution in [3.8, 4) is 17.1 Å². The molecule has 0 bridgehead atoms. The molecule has 3 rings (SSSR count). The number of carbonyl (C=O) groups is 1. The van der Waals surface area contributed by atoms with Crippen molar-refractivity contribution in [2.75, 3.05) is 12.4 Å². The van der Waals surface area contributed by atoms with E-state index in [4.69, 9.17) is 9.26 Å². The Kier molecular flexibility index (Phi) is 4.05. The highest BCUT2D eigenvalue weighted by Gasteiger charge is 2.12. The number of methoxy groups -OCH3 is 1. The number of aryl methyl sites for hydroxylation is 1. The van der Waals surface area contributed by atoms with Crippen molar-refractivity contribution in [2.45, 2.75) is 6.92 Å². The number of ether oxygens (including phenoxy) is 1. The summed E-state index contributed by atoms with van der Waals surface area (Å²) in [5.74, 6) is 1.29. The van der Waals surface area contributed by atoms with E-state index in [1.54, 1.807) is 44.4 Å². The second-order valence-corrected chi connectivity index (χ2v) is 4.87. The molecule has 1 aromatic heterocycles. The van der Waals surface area contributed by atoms with Gasteiger partial charge in [-0.3, -0.25) is 4.79 Å².